The Labute approximate surface area is 211 Å². The zero-order chi connectivity index (χ0) is 25.7. The number of rotatable bonds is 7. The molecule has 11 nitrogen and oxygen atoms in total. The molecule has 0 bridgehead atoms. The summed E-state index contributed by atoms with van der Waals surface area (Å²) in [6, 6.07) is 9.85. The Morgan fingerprint density at radius 1 is 1.06 bits per heavy atom. The minimum absolute atomic E-state index is 0.138. The number of ether oxygens (including phenoxy) is 2. The summed E-state index contributed by atoms with van der Waals surface area (Å²) in [5.74, 6) is 0.759. The number of fused-ring (bicyclic) bond motifs is 1. The summed E-state index contributed by atoms with van der Waals surface area (Å²) in [6.07, 6.45) is -0.904. The van der Waals surface area contributed by atoms with Gasteiger partial charge in [0.15, 0.2) is 0 Å². The van der Waals surface area contributed by atoms with Crippen LogP contribution in [0.4, 0.5) is 15.4 Å². The van der Waals surface area contributed by atoms with Crippen molar-refractivity contribution >= 4 is 18.0 Å². The number of amides is 2. The van der Waals surface area contributed by atoms with Gasteiger partial charge in [-0.3, -0.25) is 0 Å². The first-order chi connectivity index (χ1) is 17.3. The molecule has 3 heterocycles. The highest BCUT2D eigenvalue weighted by Crippen LogP contribution is 2.29. The molecule has 1 N–H and O–H groups in total. The summed E-state index contributed by atoms with van der Waals surface area (Å²) in [6.45, 7) is 5.64. The third-order valence-electron chi connectivity index (χ3n) is 6.26. The molecule has 2 aliphatic heterocycles. The first kappa shape index (κ1) is 25.5. The van der Waals surface area contributed by atoms with Gasteiger partial charge in [0.1, 0.15) is 18.5 Å². The second kappa shape index (κ2) is 11.4. The van der Waals surface area contributed by atoms with Gasteiger partial charge >= 0.3 is 18.2 Å². The van der Waals surface area contributed by atoms with Crippen molar-refractivity contribution in [1.82, 2.24) is 24.7 Å². The number of aromatic nitrogens is 2. The van der Waals surface area contributed by atoms with Crippen molar-refractivity contribution in [2.45, 2.75) is 32.6 Å². The van der Waals surface area contributed by atoms with Crippen molar-refractivity contribution < 1.29 is 24.2 Å². The maximum atomic E-state index is 12.6. The van der Waals surface area contributed by atoms with Crippen molar-refractivity contribution in [1.29, 1.82) is 0 Å². The van der Waals surface area contributed by atoms with Crippen molar-refractivity contribution in [2.24, 2.45) is 0 Å². The van der Waals surface area contributed by atoms with Crippen molar-refractivity contribution in [3.8, 4) is 6.01 Å². The SMILES string of the molecule is C[C@@H](CN(C)C)Oc1nc2c(c(N3CCN(C(=O)OCc4ccccc4)CC3)n1)CCN(C(=O)O)C2. The molecular weight excluding hydrogens is 464 g/mol. The van der Waals surface area contributed by atoms with Gasteiger partial charge in [-0.05, 0) is 33.0 Å². The van der Waals surface area contributed by atoms with E-state index in [9.17, 15) is 14.7 Å². The highest BCUT2D eigenvalue weighted by atomic mass is 16.6. The van der Waals surface area contributed by atoms with Gasteiger partial charge in [-0.1, -0.05) is 30.3 Å². The summed E-state index contributed by atoms with van der Waals surface area (Å²) in [7, 11) is 3.93. The number of anilines is 1. The van der Waals surface area contributed by atoms with Crippen molar-refractivity contribution in [3.63, 3.8) is 0 Å². The van der Waals surface area contributed by atoms with Crippen LogP contribution >= 0.6 is 0 Å². The molecule has 11 heteroatoms. The quantitative estimate of drug-likeness (QED) is 0.615. The number of nitrogens with zero attached hydrogens (tertiary/aromatic N) is 6. The second-order valence-corrected chi connectivity index (χ2v) is 9.41. The van der Waals surface area contributed by atoms with Crippen LogP contribution < -0.4 is 9.64 Å². The number of likely N-dealkylation sites (N-methyl/N-ethyl adjacent to an activating group) is 1. The maximum absolute atomic E-state index is 12.6. The fraction of sp³-hybridized carbons (Fsp3) is 0.520. The van der Waals surface area contributed by atoms with Crippen LogP contribution in [0, 0.1) is 0 Å². The summed E-state index contributed by atoms with van der Waals surface area (Å²) in [5.41, 5.74) is 2.56. The molecule has 0 spiro atoms. The lowest BCUT2D eigenvalue weighted by molar-refractivity contribution is 0.0940. The van der Waals surface area contributed by atoms with Gasteiger partial charge in [0.2, 0.25) is 0 Å². The molecule has 36 heavy (non-hydrogen) atoms. The largest absolute Gasteiger partial charge is 0.465 e. The molecule has 1 atom stereocenters. The van der Waals surface area contributed by atoms with Crippen LogP contribution in [0.5, 0.6) is 6.01 Å². The Balaban J connectivity index is 1.45. The van der Waals surface area contributed by atoms with Crippen molar-refractivity contribution in [3.05, 3.63) is 47.2 Å². The van der Waals surface area contributed by atoms with E-state index in [-0.39, 0.29) is 31.4 Å². The minimum Gasteiger partial charge on any atom is -0.465 e. The molecule has 1 fully saturated rings. The lowest BCUT2D eigenvalue weighted by Crippen LogP contribution is -2.49. The van der Waals surface area contributed by atoms with E-state index in [1.807, 2.05) is 56.3 Å². The number of hydrogen-bond acceptors (Lipinski definition) is 8. The van der Waals surface area contributed by atoms with Gasteiger partial charge < -0.3 is 34.2 Å². The molecule has 2 aromatic rings. The third kappa shape index (κ3) is 6.34. The van der Waals surface area contributed by atoms with Crippen LogP contribution in [-0.2, 0) is 24.3 Å². The van der Waals surface area contributed by atoms with Crippen molar-refractivity contribution in [2.75, 3.05) is 58.3 Å². The van der Waals surface area contributed by atoms with E-state index >= 15 is 0 Å². The molecule has 4 rings (SSSR count). The number of carboxylic acid groups (broad SMARTS) is 1. The first-order valence-electron chi connectivity index (χ1n) is 12.2. The minimum atomic E-state index is -0.966. The highest BCUT2D eigenvalue weighted by molar-refractivity contribution is 5.68. The number of carbonyl (C=O) groups is 2. The van der Waals surface area contributed by atoms with Gasteiger partial charge in [0.05, 0.1) is 12.2 Å². The van der Waals surface area contributed by atoms with E-state index in [0.717, 1.165) is 16.9 Å². The average Bonchev–Trinajstić information content (AvgIpc) is 2.86. The van der Waals surface area contributed by atoms with E-state index in [2.05, 4.69) is 9.88 Å². The van der Waals surface area contributed by atoms with E-state index in [0.29, 0.717) is 51.4 Å². The number of benzene rings is 1. The van der Waals surface area contributed by atoms with Crippen LogP contribution in [0.1, 0.15) is 23.7 Å². The fourth-order valence-electron chi connectivity index (χ4n) is 4.51. The molecule has 1 saturated heterocycles. The fourth-order valence-corrected chi connectivity index (χ4v) is 4.51. The lowest BCUT2D eigenvalue weighted by atomic mass is 10.0. The van der Waals surface area contributed by atoms with E-state index < -0.39 is 6.09 Å². The Bertz CT molecular complexity index is 1060. The predicted octanol–water partition coefficient (Wildman–Crippen LogP) is 2.30. The Morgan fingerprint density at radius 3 is 2.44 bits per heavy atom. The number of hydrogen-bond donors (Lipinski definition) is 1. The lowest BCUT2D eigenvalue weighted by Gasteiger charge is -2.37. The molecule has 2 aliphatic rings. The maximum Gasteiger partial charge on any atom is 0.410 e. The molecule has 0 unspecified atom stereocenters. The Kier molecular flexibility index (Phi) is 8.09. The molecule has 0 saturated carbocycles. The summed E-state index contributed by atoms with van der Waals surface area (Å²) >= 11 is 0. The standard InChI is InChI=1S/C25H34N6O5/c1-18(15-28(2)3)36-23-26-21-16-31(24(32)33)10-9-20(21)22(27-23)29-11-13-30(14-12-29)25(34)35-17-19-7-5-4-6-8-19/h4-8,18H,9-17H2,1-3H3,(H,32,33)/t18-/m0/s1. The molecular formula is C25H34N6O5. The molecule has 0 radical (unpaired) electrons. The molecule has 2 amide bonds. The second-order valence-electron chi connectivity index (χ2n) is 9.41. The van der Waals surface area contributed by atoms with Gasteiger partial charge in [0.25, 0.3) is 0 Å². The molecule has 194 valence electrons. The molecule has 1 aromatic heterocycles. The van der Waals surface area contributed by atoms with Gasteiger partial charge in [-0.25, -0.2) is 9.59 Å². The zero-order valence-corrected chi connectivity index (χ0v) is 21.1. The molecule has 0 aliphatic carbocycles. The van der Waals surface area contributed by atoms with Gasteiger partial charge in [-0.15, -0.1) is 0 Å². The van der Waals surface area contributed by atoms with Gasteiger partial charge in [-0.2, -0.15) is 9.97 Å². The summed E-state index contributed by atoms with van der Waals surface area (Å²) < 4.78 is 11.5. The van der Waals surface area contributed by atoms with E-state index in [4.69, 9.17) is 14.5 Å². The van der Waals surface area contributed by atoms with E-state index in [1.165, 1.54) is 4.90 Å². The normalized spacial score (nSPS) is 16.5. The highest BCUT2D eigenvalue weighted by Gasteiger charge is 2.30. The van der Waals surface area contributed by atoms with Gasteiger partial charge in [0, 0.05) is 44.8 Å². The smallest absolute Gasteiger partial charge is 0.410 e. The van der Waals surface area contributed by atoms with E-state index in [1.54, 1.807) is 4.90 Å². The van der Waals surface area contributed by atoms with Crippen LogP contribution in [0.2, 0.25) is 0 Å². The Hall–Kier alpha value is -3.60. The zero-order valence-electron chi connectivity index (χ0n) is 21.1. The summed E-state index contributed by atoms with van der Waals surface area (Å²) in [5, 5.41) is 9.48. The van der Waals surface area contributed by atoms with Crippen LogP contribution in [0.25, 0.3) is 0 Å². The molecule has 1 aromatic carbocycles. The van der Waals surface area contributed by atoms with Crippen LogP contribution in [0.3, 0.4) is 0 Å². The van der Waals surface area contributed by atoms with Crippen LogP contribution in [-0.4, -0.2) is 101 Å². The number of carbonyl (C=O) groups excluding carboxylic acids is 1. The third-order valence-corrected chi connectivity index (χ3v) is 6.26. The summed E-state index contributed by atoms with van der Waals surface area (Å²) in [4.78, 5) is 40.7. The first-order valence-corrected chi connectivity index (χ1v) is 12.2. The Morgan fingerprint density at radius 2 is 1.78 bits per heavy atom. The predicted molar refractivity (Wildman–Crippen MR) is 133 cm³/mol. The monoisotopic (exact) mass is 498 g/mol. The topological polar surface area (TPSA) is 112 Å². The van der Waals surface area contributed by atoms with Crippen LogP contribution in [0.15, 0.2) is 30.3 Å². The number of piperazine rings is 1. The average molecular weight is 499 g/mol.